The van der Waals surface area contributed by atoms with E-state index in [1.807, 2.05) is 6.92 Å². The number of nitrogens with zero attached hydrogens (tertiary/aromatic N) is 4. The van der Waals surface area contributed by atoms with E-state index in [1.165, 1.54) is 7.11 Å². The molecule has 18 heavy (non-hydrogen) atoms. The van der Waals surface area contributed by atoms with Gasteiger partial charge in [0.05, 0.1) is 35.8 Å². The molecule has 2 aromatic rings. The van der Waals surface area contributed by atoms with Crippen molar-refractivity contribution in [3.8, 4) is 5.88 Å². The van der Waals surface area contributed by atoms with E-state index >= 15 is 0 Å². The first-order valence-electron chi connectivity index (χ1n) is 5.51. The minimum atomic E-state index is -0.460. The predicted octanol–water partition coefficient (Wildman–Crippen LogP) is 1.40. The molecule has 2 aromatic heterocycles. The zero-order valence-corrected chi connectivity index (χ0v) is 10.9. The van der Waals surface area contributed by atoms with E-state index in [0.29, 0.717) is 23.1 Å². The second-order valence-electron chi connectivity index (χ2n) is 3.67. The molecule has 0 radical (unpaired) electrons. The number of halogens is 1. The van der Waals surface area contributed by atoms with Gasteiger partial charge in [0.15, 0.2) is 0 Å². The van der Waals surface area contributed by atoms with Gasteiger partial charge in [-0.1, -0.05) is 11.6 Å². The van der Waals surface area contributed by atoms with Crippen LogP contribution in [0.5, 0.6) is 5.88 Å². The molecule has 2 heterocycles. The van der Waals surface area contributed by atoms with Crippen LogP contribution in [0, 0.1) is 0 Å². The summed E-state index contributed by atoms with van der Waals surface area (Å²) in [5.41, 5.74) is 7.49. The van der Waals surface area contributed by atoms with Crippen LogP contribution in [0.1, 0.15) is 24.4 Å². The van der Waals surface area contributed by atoms with Crippen molar-refractivity contribution in [2.45, 2.75) is 19.5 Å². The van der Waals surface area contributed by atoms with Crippen LogP contribution in [-0.4, -0.2) is 27.1 Å². The molecule has 7 heteroatoms. The molecule has 1 unspecified atom stereocenters. The summed E-state index contributed by atoms with van der Waals surface area (Å²) in [6.45, 7) is 2.67. The number of hydrogen-bond acceptors (Lipinski definition) is 5. The molecule has 2 rings (SSSR count). The minimum absolute atomic E-state index is 0.445. The topological polar surface area (TPSA) is 78.9 Å². The lowest BCUT2D eigenvalue weighted by atomic mass is 10.1. The van der Waals surface area contributed by atoms with Gasteiger partial charge in [-0.2, -0.15) is 5.10 Å². The van der Waals surface area contributed by atoms with Gasteiger partial charge in [0.2, 0.25) is 5.88 Å². The molecule has 0 aliphatic rings. The zero-order valence-electron chi connectivity index (χ0n) is 10.2. The molecule has 6 nitrogen and oxygen atoms in total. The van der Waals surface area contributed by atoms with Crippen molar-refractivity contribution in [2.75, 3.05) is 7.11 Å². The van der Waals surface area contributed by atoms with Gasteiger partial charge in [0.25, 0.3) is 0 Å². The maximum Gasteiger partial charge on any atom is 0.233 e. The second-order valence-corrected chi connectivity index (χ2v) is 4.08. The molecular weight excluding hydrogens is 254 g/mol. The number of aromatic nitrogens is 4. The van der Waals surface area contributed by atoms with Gasteiger partial charge in [0.1, 0.15) is 0 Å². The maximum atomic E-state index is 6.14. The van der Waals surface area contributed by atoms with E-state index in [1.54, 1.807) is 23.0 Å². The Bertz CT molecular complexity index is 525. The minimum Gasteiger partial charge on any atom is -0.480 e. The third-order valence-electron chi connectivity index (χ3n) is 2.62. The highest BCUT2D eigenvalue weighted by Gasteiger charge is 2.19. The number of hydrogen-bond donors (Lipinski definition) is 1. The van der Waals surface area contributed by atoms with E-state index < -0.39 is 6.04 Å². The summed E-state index contributed by atoms with van der Waals surface area (Å²) in [5, 5.41) is 12.6. The van der Waals surface area contributed by atoms with E-state index in [2.05, 4.69) is 15.3 Å². The Kier molecular flexibility index (Phi) is 3.78. The molecule has 2 N–H and O–H groups in total. The lowest BCUT2D eigenvalue weighted by molar-refractivity contribution is 0.390. The van der Waals surface area contributed by atoms with Gasteiger partial charge in [-0.05, 0) is 13.0 Å². The largest absolute Gasteiger partial charge is 0.480 e. The fourth-order valence-electron chi connectivity index (χ4n) is 1.68. The first-order valence-corrected chi connectivity index (χ1v) is 5.89. The molecule has 96 valence electrons. The van der Waals surface area contributed by atoms with E-state index in [0.717, 1.165) is 5.69 Å². The van der Waals surface area contributed by atoms with E-state index in [9.17, 15) is 0 Å². The van der Waals surface area contributed by atoms with Crippen molar-refractivity contribution in [1.82, 2.24) is 20.0 Å². The van der Waals surface area contributed by atoms with Crippen LogP contribution in [0.4, 0.5) is 0 Å². The molecule has 0 bridgehead atoms. The number of nitrogens with two attached hydrogens (primary N) is 1. The Morgan fingerprint density at radius 3 is 2.78 bits per heavy atom. The third kappa shape index (κ3) is 2.30. The average molecular weight is 268 g/mol. The van der Waals surface area contributed by atoms with Crippen LogP contribution >= 0.6 is 11.6 Å². The van der Waals surface area contributed by atoms with Gasteiger partial charge >= 0.3 is 0 Å². The van der Waals surface area contributed by atoms with Crippen LogP contribution in [0.2, 0.25) is 5.02 Å². The molecule has 0 fully saturated rings. The van der Waals surface area contributed by atoms with Crippen LogP contribution in [-0.2, 0) is 6.54 Å². The Labute approximate surface area is 110 Å². The molecule has 0 saturated carbocycles. The second kappa shape index (κ2) is 5.32. The Hall–Kier alpha value is -1.66. The monoisotopic (exact) mass is 267 g/mol. The summed E-state index contributed by atoms with van der Waals surface area (Å²) >= 11 is 6.09. The quantitative estimate of drug-likeness (QED) is 0.906. The Balaban J connectivity index is 2.34. The first-order chi connectivity index (χ1) is 8.67. The highest BCUT2D eigenvalue weighted by Crippen LogP contribution is 2.25. The molecule has 0 spiro atoms. The zero-order chi connectivity index (χ0) is 13.1. The van der Waals surface area contributed by atoms with Crippen LogP contribution < -0.4 is 10.5 Å². The normalized spacial score (nSPS) is 12.4. The SMILES string of the molecule is CCn1ncc(Cl)c1C(N)c1ccc(OC)nn1. The summed E-state index contributed by atoms with van der Waals surface area (Å²) in [5.74, 6) is 0.445. The predicted molar refractivity (Wildman–Crippen MR) is 67.5 cm³/mol. The first kappa shape index (κ1) is 12.8. The van der Waals surface area contributed by atoms with Crippen molar-refractivity contribution in [3.05, 3.63) is 34.7 Å². The van der Waals surface area contributed by atoms with Gasteiger partial charge in [-0.3, -0.25) is 4.68 Å². The summed E-state index contributed by atoms with van der Waals surface area (Å²) in [6, 6.07) is 3.01. The summed E-state index contributed by atoms with van der Waals surface area (Å²) in [6.07, 6.45) is 1.58. The fourth-order valence-corrected chi connectivity index (χ4v) is 1.94. The number of ether oxygens (including phenoxy) is 1. The summed E-state index contributed by atoms with van der Waals surface area (Å²) < 4.78 is 6.70. The highest BCUT2D eigenvalue weighted by atomic mass is 35.5. The summed E-state index contributed by atoms with van der Waals surface area (Å²) in [7, 11) is 1.53. The smallest absolute Gasteiger partial charge is 0.233 e. The fraction of sp³-hybridized carbons (Fsp3) is 0.364. The Morgan fingerprint density at radius 1 is 1.44 bits per heavy atom. The number of methoxy groups -OCH3 is 1. The Morgan fingerprint density at radius 2 is 2.22 bits per heavy atom. The van der Waals surface area contributed by atoms with E-state index in [-0.39, 0.29) is 0 Å². The lowest BCUT2D eigenvalue weighted by Gasteiger charge is -2.13. The van der Waals surface area contributed by atoms with Crippen molar-refractivity contribution in [2.24, 2.45) is 5.73 Å². The molecule has 0 aromatic carbocycles. The molecule has 1 atom stereocenters. The lowest BCUT2D eigenvalue weighted by Crippen LogP contribution is -2.19. The van der Waals surface area contributed by atoms with Crippen molar-refractivity contribution >= 4 is 11.6 Å². The van der Waals surface area contributed by atoms with Crippen molar-refractivity contribution in [3.63, 3.8) is 0 Å². The van der Waals surface area contributed by atoms with E-state index in [4.69, 9.17) is 22.1 Å². The molecule has 0 aliphatic carbocycles. The van der Waals surface area contributed by atoms with Crippen molar-refractivity contribution < 1.29 is 4.74 Å². The average Bonchev–Trinajstić information content (AvgIpc) is 2.79. The van der Waals surface area contributed by atoms with Crippen LogP contribution in [0.3, 0.4) is 0 Å². The standard InChI is InChI=1S/C11H14ClN5O/c1-3-17-11(7(12)6-14-17)10(13)8-4-5-9(18-2)16-15-8/h4-6,10H,3,13H2,1-2H3. The van der Waals surface area contributed by atoms with Gasteiger partial charge in [0, 0.05) is 12.6 Å². The molecule has 0 aliphatic heterocycles. The number of aryl methyl sites for hydroxylation is 1. The van der Waals surface area contributed by atoms with Gasteiger partial charge in [-0.15, -0.1) is 10.2 Å². The third-order valence-corrected chi connectivity index (χ3v) is 2.91. The molecule has 0 amide bonds. The van der Waals surface area contributed by atoms with Gasteiger partial charge < -0.3 is 10.5 Å². The summed E-state index contributed by atoms with van der Waals surface area (Å²) in [4.78, 5) is 0. The van der Waals surface area contributed by atoms with Gasteiger partial charge in [-0.25, -0.2) is 0 Å². The van der Waals surface area contributed by atoms with Crippen molar-refractivity contribution in [1.29, 1.82) is 0 Å². The maximum absolute atomic E-state index is 6.14. The molecule has 0 saturated heterocycles. The highest BCUT2D eigenvalue weighted by molar-refractivity contribution is 6.31. The number of rotatable bonds is 4. The molecular formula is C11H14ClN5O. The van der Waals surface area contributed by atoms with Crippen LogP contribution in [0.25, 0.3) is 0 Å². The van der Waals surface area contributed by atoms with Crippen LogP contribution in [0.15, 0.2) is 18.3 Å².